The summed E-state index contributed by atoms with van der Waals surface area (Å²) < 4.78 is 2.42. The maximum Gasteiger partial charge on any atom is 0.190 e. The smallest absolute Gasteiger partial charge is 0.190 e. The van der Waals surface area contributed by atoms with Crippen LogP contribution in [0, 0.1) is 0 Å². The van der Waals surface area contributed by atoms with Gasteiger partial charge in [0.2, 0.25) is 0 Å². The van der Waals surface area contributed by atoms with Crippen molar-refractivity contribution < 1.29 is 0 Å². The van der Waals surface area contributed by atoms with Gasteiger partial charge < -0.3 is 4.57 Å². The molecule has 0 saturated heterocycles. The van der Waals surface area contributed by atoms with Crippen LogP contribution in [0.25, 0.3) is 22.0 Å². The second-order valence-corrected chi connectivity index (χ2v) is 7.19. The quantitative estimate of drug-likeness (QED) is 0.494. The van der Waals surface area contributed by atoms with E-state index in [0.29, 0.717) is 6.04 Å². The van der Waals surface area contributed by atoms with Crippen LogP contribution in [-0.4, -0.2) is 9.55 Å². The van der Waals surface area contributed by atoms with E-state index in [-0.39, 0.29) is 0 Å². The molecule has 3 nitrogen and oxygen atoms in total. The van der Waals surface area contributed by atoms with Crippen LogP contribution in [0.1, 0.15) is 18.9 Å². The lowest BCUT2D eigenvalue weighted by atomic mass is 10.0. The summed E-state index contributed by atoms with van der Waals surface area (Å²) in [6.45, 7) is 0. The van der Waals surface area contributed by atoms with Crippen molar-refractivity contribution in [3.63, 3.8) is 0 Å². The van der Waals surface area contributed by atoms with Crippen molar-refractivity contribution in [2.45, 2.75) is 18.9 Å². The summed E-state index contributed by atoms with van der Waals surface area (Å²) in [7, 11) is 0. The van der Waals surface area contributed by atoms with E-state index in [4.69, 9.17) is 4.99 Å². The average molecular weight is 343 g/mol. The van der Waals surface area contributed by atoms with Crippen LogP contribution in [0.4, 0.5) is 5.69 Å². The van der Waals surface area contributed by atoms with Crippen LogP contribution in [0.2, 0.25) is 0 Å². The third-order valence-corrected chi connectivity index (χ3v) is 5.43. The first-order chi connectivity index (χ1) is 12.4. The number of rotatable bonds is 3. The topological polar surface area (TPSA) is 30.2 Å². The van der Waals surface area contributed by atoms with Crippen molar-refractivity contribution in [2.75, 3.05) is 0 Å². The number of thiazole rings is 1. The Hall–Kier alpha value is -2.72. The van der Waals surface area contributed by atoms with E-state index in [1.54, 1.807) is 17.5 Å². The van der Waals surface area contributed by atoms with Crippen LogP contribution in [0.15, 0.2) is 77.4 Å². The number of hydrogen-bond donors (Lipinski definition) is 0. The van der Waals surface area contributed by atoms with E-state index in [2.05, 4.69) is 57.4 Å². The first kappa shape index (κ1) is 14.6. The van der Waals surface area contributed by atoms with Crippen molar-refractivity contribution in [3.05, 3.63) is 77.2 Å². The summed E-state index contributed by atoms with van der Waals surface area (Å²) in [5, 5.41) is 4.82. The van der Waals surface area contributed by atoms with Gasteiger partial charge in [-0.1, -0.05) is 42.5 Å². The Morgan fingerprint density at radius 2 is 1.88 bits per heavy atom. The van der Waals surface area contributed by atoms with Gasteiger partial charge in [0.05, 0.1) is 17.6 Å². The van der Waals surface area contributed by atoms with Crippen LogP contribution in [-0.2, 0) is 0 Å². The molecule has 2 heterocycles. The van der Waals surface area contributed by atoms with E-state index in [1.165, 1.54) is 34.9 Å². The van der Waals surface area contributed by atoms with Gasteiger partial charge in [-0.2, -0.15) is 0 Å². The third-order valence-electron chi connectivity index (χ3n) is 4.59. The molecule has 0 spiro atoms. The summed E-state index contributed by atoms with van der Waals surface area (Å²) in [5.74, 6) is 0. The van der Waals surface area contributed by atoms with E-state index in [1.807, 2.05) is 18.3 Å². The molecule has 2 aromatic carbocycles. The highest BCUT2D eigenvalue weighted by molar-refractivity contribution is 7.07. The number of benzene rings is 2. The molecule has 122 valence electrons. The molecule has 0 aliphatic heterocycles. The largest absolute Gasteiger partial charge is 0.313 e. The van der Waals surface area contributed by atoms with Gasteiger partial charge in [0.15, 0.2) is 4.80 Å². The first-order valence-corrected chi connectivity index (χ1v) is 9.41. The highest BCUT2D eigenvalue weighted by atomic mass is 32.1. The maximum atomic E-state index is 4.85. The first-order valence-electron chi connectivity index (χ1n) is 8.53. The fraction of sp³-hybridized carbons (Fsp3) is 0.143. The molecule has 4 heteroatoms. The molecule has 0 amide bonds. The van der Waals surface area contributed by atoms with Crippen LogP contribution >= 0.6 is 11.3 Å². The lowest BCUT2D eigenvalue weighted by Gasteiger charge is -2.10. The second-order valence-electron chi connectivity index (χ2n) is 6.35. The molecular formula is C21H17N3S. The lowest BCUT2D eigenvalue weighted by Crippen LogP contribution is -2.14. The van der Waals surface area contributed by atoms with E-state index in [9.17, 15) is 0 Å². The minimum Gasteiger partial charge on any atom is -0.313 e. The van der Waals surface area contributed by atoms with Gasteiger partial charge in [-0.15, -0.1) is 11.3 Å². The van der Waals surface area contributed by atoms with Crippen molar-refractivity contribution in [1.82, 2.24) is 9.55 Å². The van der Waals surface area contributed by atoms with Crippen molar-refractivity contribution in [3.8, 4) is 11.3 Å². The Labute approximate surface area is 150 Å². The number of nitrogens with zero attached hydrogens (tertiary/aromatic N) is 3. The molecule has 0 N–H and O–H groups in total. The SMILES string of the molecule is c1cncc(N=c2scc(-c3cccc4ccccc34)n2C2CC2)c1. The Morgan fingerprint density at radius 3 is 2.72 bits per heavy atom. The number of pyridine rings is 1. The Balaban J connectivity index is 1.74. The summed E-state index contributed by atoms with van der Waals surface area (Å²) in [6.07, 6.45) is 6.06. The molecule has 1 aliphatic rings. The third kappa shape index (κ3) is 2.68. The summed E-state index contributed by atoms with van der Waals surface area (Å²) in [6, 6.07) is 19.6. The van der Waals surface area contributed by atoms with E-state index in [0.717, 1.165) is 10.5 Å². The van der Waals surface area contributed by atoms with Crippen LogP contribution in [0.3, 0.4) is 0 Å². The molecule has 0 unspecified atom stereocenters. The fourth-order valence-electron chi connectivity index (χ4n) is 3.26. The zero-order valence-electron chi connectivity index (χ0n) is 13.7. The molecule has 1 fully saturated rings. The predicted molar refractivity (Wildman–Crippen MR) is 103 cm³/mol. The van der Waals surface area contributed by atoms with E-state index >= 15 is 0 Å². The average Bonchev–Trinajstić information content (AvgIpc) is 3.43. The van der Waals surface area contributed by atoms with Gasteiger partial charge in [0, 0.05) is 23.2 Å². The van der Waals surface area contributed by atoms with Gasteiger partial charge in [0.25, 0.3) is 0 Å². The minimum atomic E-state index is 0.565. The zero-order valence-corrected chi connectivity index (χ0v) is 14.5. The van der Waals surface area contributed by atoms with Crippen molar-refractivity contribution in [1.29, 1.82) is 0 Å². The molecular weight excluding hydrogens is 326 g/mol. The highest BCUT2D eigenvalue weighted by Gasteiger charge is 2.27. The summed E-state index contributed by atoms with van der Waals surface area (Å²) in [4.78, 5) is 10.1. The number of hydrogen-bond acceptors (Lipinski definition) is 3. The second kappa shape index (κ2) is 5.97. The van der Waals surface area contributed by atoms with Gasteiger partial charge >= 0.3 is 0 Å². The van der Waals surface area contributed by atoms with E-state index < -0.39 is 0 Å². The van der Waals surface area contributed by atoms with Gasteiger partial charge in [-0.3, -0.25) is 4.98 Å². The number of fused-ring (bicyclic) bond motifs is 1. The summed E-state index contributed by atoms with van der Waals surface area (Å²) >= 11 is 1.71. The fourth-order valence-corrected chi connectivity index (χ4v) is 4.24. The standard InChI is InChI=1S/C21H17N3S/c1-2-8-18-15(5-1)6-3-9-19(18)20-14-25-21(24(20)17-10-11-17)23-16-7-4-12-22-13-16/h1-9,12-14,17H,10-11H2. The maximum absolute atomic E-state index is 4.85. The summed E-state index contributed by atoms with van der Waals surface area (Å²) in [5.41, 5.74) is 3.46. The molecule has 0 atom stereocenters. The Kier molecular flexibility index (Phi) is 3.49. The van der Waals surface area contributed by atoms with Gasteiger partial charge in [-0.05, 0) is 35.7 Å². The molecule has 4 aromatic rings. The minimum absolute atomic E-state index is 0.565. The molecule has 5 rings (SSSR count). The highest BCUT2D eigenvalue weighted by Crippen LogP contribution is 2.39. The molecule has 1 aliphatic carbocycles. The molecule has 0 radical (unpaired) electrons. The van der Waals surface area contributed by atoms with Crippen LogP contribution in [0.5, 0.6) is 0 Å². The Morgan fingerprint density at radius 1 is 1.00 bits per heavy atom. The molecule has 25 heavy (non-hydrogen) atoms. The monoisotopic (exact) mass is 343 g/mol. The van der Waals surface area contributed by atoms with Crippen LogP contribution < -0.4 is 4.80 Å². The lowest BCUT2D eigenvalue weighted by molar-refractivity contribution is 0.725. The Bertz CT molecular complexity index is 1100. The molecule has 2 aromatic heterocycles. The number of aromatic nitrogens is 2. The van der Waals surface area contributed by atoms with Gasteiger partial charge in [0.1, 0.15) is 0 Å². The predicted octanol–water partition coefficient (Wildman–Crippen LogP) is 5.33. The van der Waals surface area contributed by atoms with Gasteiger partial charge in [-0.25, -0.2) is 4.99 Å². The van der Waals surface area contributed by atoms with Crippen molar-refractivity contribution in [2.24, 2.45) is 4.99 Å². The molecule has 0 bridgehead atoms. The van der Waals surface area contributed by atoms with Crippen molar-refractivity contribution >= 4 is 27.8 Å². The normalized spacial score (nSPS) is 15.0. The molecule has 1 saturated carbocycles. The zero-order chi connectivity index (χ0) is 16.6.